The molecule has 2 aromatic rings. The van der Waals surface area contributed by atoms with E-state index < -0.39 is 11.3 Å². The predicted molar refractivity (Wildman–Crippen MR) is 84.3 cm³/mol. The van der Waals surface area contributed by atoms with Crippen LogP contribution in [-0.4, -0.2) is 10.7 Å². The third-order valence-electron chi connectivity index (χ3n) is 3.75. The third-order valence-corrected chi connectivity index (χ3v) is 4.28. The molecule has 3 heteroatoms. The second-order valence-electron chi connectivity index (χ2n) is 5.65. The lowest BCUT2D eigenvalue weighted by Crippen LogP contribution is -2.41. The number of hydrogen-bond acceptors (Lipinski definition) is 1. The predicted octanol–water partition coefficient (Wildman–Crippen LogP) is 5.07. The first-order valence-corrected chi connectivity index (χ1v) is 7.29. The van der Waals surface area contributed by atoms with Crippen molar-refractivity contribution < 1.29 is 9.50 Å². The standard InChI is InChI=1S/C17H18BrFO/c1-16(2,20)17(3,19)14-8-4-12(5-9-14)13-6-10-15(18)11-7-13/h4-11,20H,1-3H3. The zero-order valence-corrected chi connectivity index (χ0v) is 13.4. The molecule has 1 atom stereocenters. The van der Waals surface area contributed by atoms with Gasteiger partial charge in [0.2, 0.25) is 0 Å². The van der Waals surface area contributed by atoms with Crippen LogP contribution in [0.5, 0.6) is 0 Å². The van der Waals surface area contributed by atoms with Crippen LogP contribution in [0.15, 0.2) is 53.0 Å². The average molecular weight is 337 g/mol. The molecule has 0 fully saturated rings. The smallest absolute Gasteiger partial charge is 0.161 e. The van der Waals surface area contributed by atoms with Gasteiger partial charge in [-0.3, -0.25) is 0 Å². The lowest BCUT2D eigenvalue weighted by Gasteiger charge is -2.33. The normalized spacial score (nSPS) is 14.9. The molecule has 0 aromatic heterocycles. The molecule has 1 unspecified atom stereocenters. The fourth-order valence-electron chi connectivity index (χ4n) is 1.97. The Morgan fingerprint density at radius 3 is 1.65 bits per heavy atom. The molecule has 20 heavy (non-hydrogen) atoms. The van der Waals surface area contributed by atoms with Gasteiger partial charge in [-0.2, -0.15) is 0 Å². The van der Waals surface area contributed by atoms with E-state index in [0.29, 0.717) is 5.56 Å². The van der Waals surface area contributed by atoms with E-state index in [0.717, 1.165) is 15.6 Å². The molecule has 1 nitrogen and oxygen atoms in total. The molecule has 0 saturated carbocycles. The Balaban J connectivity index is 2.33. The van der Waals surface area contributed by atoms with Gasteiger partial charge < -0.3 is 5.11 Å². The van der Waals surface area contributed by atoms with Gasteiger partial charge in [-0.25, -0.2) is 4.39 Å². The van der Waals surface area contributed by atoms with Crippen molar-refractivity contribution in [3.05, 3.63) is 58.6 Å². The van der Waals surface area contributed by atoms with Gasteiger partial charge >= 0.3 is 0 Å². The van der Waals surface area contributed by atoms with Crippen molar-refractivity contribution in [2.75, 3.05) is 0 Å². The molecule has 0 bridgehead atoms. The van der Waals surface area contributed by atoms with Gasteiger partial charge in [-0.1, -0.05) is 52.3 Å². The lowest BCUT2D eigenvalue weighted by atomic mass is 9.83. The van der Waals surface area contributed by atoms with E-state index in [1.54, 1.807) is 12.1 Å². The quantitative estimate of drug-likeness (QED) is 0.829. The molecule has 0 spiro atoms. The molecule has 0 aliphatic carbocycles. The van der Waals surface area contributed by atoms with Crippen LogP contribution in [0.3, 0.4) is 0 Å². The Kier molecular flexibility index (Phi) is 4.03. The summed E-state index contributed by atoms with van der Waals surface area (Å²) >= 11 is 3.40. The average Bonchev–Trinajstić information content (AvgIpc) is 2.38. The van der Waals surface area contributed by atoms with Gasteiger partial charge in [0.25, 0.3) is 0 Å². The molecule has 0 amide bonds. The zero-order chi connectivity index (χ0) is 15.0. The van der Waals surface area contributed by atoms with Crippen LogP contribution < -0.4 is 0 Å². The van der Waals surface area contributed by atoms with Gasteiger partial charge in [0.1, 0.15) is 0 Å². The highest BCUT2D eigenvalue weighted by Crippen LogP contribution is 2.37. The molecule has 2 rings (SSSR count). The Morgan fingerprint density at radius 1 is 0.850 bits per heavy atom. The number of rotatable bonds is 3. The highest BCUT2D eigenvalue weighted by Gasteiger charge is 2.41. The summed E-state index contributed by atoms with van der Waals surface area (Å²) in [6.45, 7) is 4.37. The van der Waals surface area contributed by atoms with Crippen molar-refractivity contribution >= 4 is 15.9 Å². The van der Waals surface area contributed by atoms with E-state index >= 15 is 0 Å². The van der Waals surface area contributed by atoms with Crippen LogP contribution in [0.25, 0.3) is 11.1 Å². The summed E-state index contributed by atoms with van der Waals surface area (Å²) in [5, 5.41) is 9.94. The monoisotopic (exact) mass is 336 g/mol. The van der Waals surface area contributed by atoms with Crippen LogP contribution in [0.1, 0.15) is 26.3 Å². The summed E-state index contributed by atoms with van der Waals surface area (Å²) in [6.07, 6.45) is 0. The molecule has 1 N–H and O–H groups in total. The minimum atomic E-state index is -1.79. The summed E-state index contributed by atoms with van der Waals surface area (Å²) in [5.74, 6) is 0. The minimum Gasteiger partial charge on any atom is -0.387 e. The minimum absolute atomic E-state index is 0.478. The van der Waals surface area contributed by atoms with Crippen molar-refractivity contribution in [2.45, 2.75) is 32.0 Å². The van der Waals surface area contributed by atoms with Crippen molar-refractivity contribution in [1.29, 1.82) is 0 Å². The first kappa shape index (κ1) is 15.2. The summed E-state index contributed by atoms with van der Waals surface area (Å²) in [7, 11) is 0. The lowest BCUT2D eigenvalue weighted by molar-refractivity contribution is -0.0715. The Labute approximate surface area is 127 Å². The highest BCUT2D eigenvalue weighted by molar-refractivity contribution is 9.10. The van der Waals surface area contributed by atoms with Gasteiger partial charge in [0.15, 0.2) is 5.67 Å². The number of aliphatic hydroxyl groups is 1. The first-order chi connectivity index (χ1) is 9.22. The number of halogens is 2. The largest absolute Gasteiger partial charge is 0.387 e. The van der Waals surface area contributed by atoms with Gasteiger partial charge in [-0.05, 0) is 49.6 Å². The Hall–Kier alpha value is -1.19. The van der Waals surface area contributed by atoms with Crippen LogP contribution in [0.4, 0.5) is 4.39 Å². The van der Waals surface area contributed by atoms with Crippen molar-refractivity contribution in [2.24, 2.45) is 0 Å². The summed E-state index contributed by atoms with van der Waals surface area (Å²) in [6, 6.07) is 15.2. The van der Waals surface area contributed by atoms with Crippen molar-refractivity contribution in [1.82, 2.24) is 0 Å². The number of alkyl halides is 1. The van der Waals surface area contributed by atoms with E-state index in [-0.39, 0.29) is 0 Å². The highest BCUT2D eigenvalue weighted by atomic mass is 79.9. The van der Waals surface area contributed by atoms with Crippen molar-refractivity contribution in [3.8, 4) is 11.1 Å². The zero-order valence-electron chi connectivity index (χ0n) is 11.8. The maximum absolute atomic E-state index is 14.7. The van der Waals surface area contributed by atoms with Crippen molar-refractivity contribution in [3.63, 3.8) is 0 Å². The second kappa shape index (κ2) is 5.30. The van der Waals surface area contributed by atoms with Gasteiger partial charge in [0, 0.05) is 4.47 Å². The maximum atomic E-state index is 14.7. The van der Waals surface area contributed by atoms with E-state index in [2.05, 4.69) is 15.9 Å². The van der Waals surface area contributed by atoms with Crippen LogP contribution in [0.2, 0.25) is 0 Å². The molecule has 0 aliphatic heterocycles. The molecule has 0 aliphatic rings. The van der Waals surface area contributed by atoms with E-state index in [1.165, 1.54) is 20.8 Å². The molecule has 0 saturated heterocycles. The summed E-state index contributed by atoms with van der Waals surface area (Å²) in [5.41, 5.74) is -0.639. The molecule has 0 radical (unpaired) electrons. The molecule has 0 heterocycles. The second-order valence-corrected chi connectivity index (χ2v) is 6.56. The number of hydrogen-bond donors (Lipinski definition) is 1. The van der Waals surface area contributed by atoms with Gasteiger partial charge in [0.05, 0.1) is 5.60 Å². The van der Waals surface area contributed by atoms with E-state index in [4.69, 9.17) is 0 Å². The molecule has 106 valence electrons. The van der Waals surface area contributed by atoms with Crippen LogP contribution >= 0.6 is 15.9 Å². The maximum Gasteiger partial charge on any atom is 0.161 e. The van der Waals surface area contributed by atoms with Crippen LogP contribution in [0, 0.1) is 0 Å². The molecular formula is C17H18BrFO. The van der Waals surface area contributed by atoms with E-state index in [1.807, 2.05) is 36.4 Å². The van der Waals surface area contributed by atoms with E-state index in [9.17, 15) is 9.50 Å². The molecule has 2 aromatic carbocycles. The third kappa shape index (κ3) is 2.94. The first-order valence-electron chi connectivity index (χ1n) is 6.49. The Bertz CT molecular complexity index is 580. The van der Waals surface area contributed by atoms with Gasteiger partial charge in [-0.15, -0.1) is 0 Å². The molecular weight excluding hydrogens is 319 g/mol. The van der Waals surface area contributed by atoms with Crippen LogP contribution in [-0.2, 0) is 5.67 Å². The fraction of sp³-hybridized carbons (Fsp3) is 0.294. The topological polar surface area (TPSA) is 20.2 Å². The fourth-order valence-corrected chi connectivity index (χ4v) is 2.24. The number of benzene rings is 2. The SMILES string of the molecule is CC(C)(O)C(C)(F)c1ccc(-c2ccc(Br)cc2)cc1. The summed E-state index contributed by atoms with van der Waals surface area (Å²) < 4.78 is 15.7. The summed E-state index contributed by atoms with van der Waals surface area (Å²) in [4.78, 5) is 0. The Morgan fingerprint density at radius 2 is 1.25 bits per heavy atom.